The third-order valence-corrected chi connectivity index (χ3v) is 2.69. The van der Waals surface area contributed by atoms with Crippen LogP contribution in [0.3, 0.4) is 0 Å². The topological polar surface area (TPSA) is 54.9 Å². The molecule has 0 saturated carbocycles. The molecule has 0 amide bonds. The molecular weight excluding hydrogens is 247 g/mol. The van der Waals surface area contributed by atoms with Gasteiger partial charge in [-0.05, 0) is 12.1 Å². The van der Waals surface area contributed by atoms with Crippen molar-refractivity contribution < 1.29 is 4.39 Å². The average Bonchev–Trinajstić information content (AvgIpc) is 2.25. The van der Waals surface area contributed by atoms with Gasteiger partial charge in [0, 0.05) is 13.1 Å². The van der Waals surface area contributed by atoms with E-state index in [1.54, 1.807) is 0 Å². The van der Waals surface area contributed by atoms with Gasteiger partial charge in [-0.25, -0.2) is 9.18 Å². The molecule has 0 bridgehead atoms. The summed E-state index contributed by atoms with van der Waals surface area (Å²) >= 11 is 5.84. The number of benzene rings is 1. The van der Waals surface area contributed by atoms with Crippen LogP contribution in [0.1, 0.15) is 0 Å². The SMILES string of the molecule is Cn1c(=O)cc(-c2c(F)cccc2Cl)[nH]c1=O. The van der Waals surface area contributed by atoms with Gasteiger partial charge in [0.05, 0.1) is 16.3 Å². The summed E-state index contributed by atoms with van der Waals surface area (Å²) in [5.74, 6) is -0.596. The lowest BCUT2D eigenvalue weighted by Crippen LogP contribution is -2.32. The molecule has 0 atom stereocenters. The Hall–Kier alpha value is -1.88. The number of aromatic nitrogens is 2. The summed E-state index contributed by atoms with van der Waals surface area (Å²) in [6.45, 7) is 0. The van der Waals surface area contributed by atoms with Crippen LogP contribution in [0.25, 0.3) is 11.3 Å². The lowest BCUT2D eigenvalue weighted by atomic mass is 10.1. The van der Waals surface area contributed by atoms with Crippen molar-refractivity contribution in [2.24, 2.45) is 7.05 Å². The molecule has 0 radical (unpaired) electrons. The first-order valence-corrected chi connectivity index (χ1v) is 5.13. The first-order chi connectivity index (χ1) is 8.00. The molecule has 0 unspecified atom stereocenters. The van der Waals surface area contributed by atoms with Crippen molar-refractivity contribution in [1.29, 1.82) is 0 Å². The minimum absolute atomic E-state index is 0.0176. The van der Waals surface area contributed by atoms with E-state index in [2.05, 4.69) is 4.98 Å². The smallest absolute Gasteiger partial charge is 0.306 e. The lowest BCUT2D eigenvalue weighted by Gasteiger charge is -2.06. The molecular formula is C11H8ClFN2O2. The number of hydrogen-bond donors (Lipinski definition) is 1. The molecule has 88 valence electrons. The maximum atomic E-state index is 13.6. The number of hydrogen-bond acceptors (Lipinski definition) is 2. The molecule has 1 aromatic heterocycles. The van der Waals surface area contributed by atoms with Gasteiger partial charge in [0.1, 0.15) is 5.82 Å². The number of halogens is 2. The highest BCUT2D eigenvalue weighted by Crippen LogP contribution is 2.27. The van der Waals surface area contributed by atoms with Crippen molar-refractivity contribution in [1.82, 2.24) is 9.55 Å². The van der Waals surface area contributed by atoms with Crippen LogP contribution in [-0.4, -0.2) is 9.55 Å². The molecule has 2 rings (SSSR count). The Morgan fingerprint density at radius 3 is 2.65 bits per heavy atom. The van der Waals surface area contributed by atoms with Crippen LogP contribution in [0, 0.1) is 5.82 Å². The van der Waals surface area contributed by atoms with Crippen molar-refractivity contribution in [3.63, 3.8) is 0 Å². The number of aromatic amines is 1. The summed E-state index contributed by atoms with van der Waals surface area (Å²) in [6, 6.07) is 5.26. The second-order valence-corrected chi connectivity index (χ2v) is 3.89. The number of nitrogens with one attached hydrogen (secondary N) is 1. The maximum absolute atomic E-state index is 13.6. The lowest BCUT2D eigenvalue weighted by molar-refractivity contribution is 0.630. The Kier molecular flexibility index (Phi) is 2.85. The summed E-state index contributed by atoms with van der Waals surface area (Å²) in [5, 5.41) is 0.133. The van der Waals surface area contributed by atoms with Gasteiger partial charge in [-0.2, -0.15) is 0 Å². The van der Waals surface area contributed by atoms with Gasteiger partial charge in [-0.15, -0.1) is 0 Å². The van der Waals surface area contributed by atoms with E-state index in [0.717, 1.165) is 10.6 Å². The fourth-order valence-corrected chi connectivity index (χ4v) is 1.71. The van der Waals surface area contributed by atoms with E-state index in [9.17, 15) is 14.0 Å². The van der Waals surface area contributed by atoms with Crippen molar-refractivity contribution in [2.45, 2.75) is 0 Å². The molecule has 0 aliphatic carbocycles. The van der Waals surface area contributed by atoms with Crippen LogP contribution in [0.2, 0.25) is 5.02 Å². The first-order valence-electron chi connectivity index (χ1n) is 4.75. The van der Waals surface area contributed by atoms with E-state index in [0.29, 0.717) is 0 Å². The van der Waals surface area contributed by atoms with Crippen LogP contribution in [0.4, 0.5) is 4.39 Å². The van der Waals surface area contributed by atoms with Gasteiger partial charge in [0.15, 0.2) is 0 Å². The third-order valence-electron chi connectivity index (χ3n) is 2.38. The van der Waals surface area contributed by atoms with E-state index in [1.807, 2.05) is 0 Å². The number of nitrogens with zero attached hydrogens (tertiary/aromatic N) is 1. The Labute approximate surface area is 100 Å². The molecule has 0 saturated heterocycles. The number of H-pyrrole nitrogens is 1. The maximum Gasteiger partial charge on any atom is 0.328 e. The van der Waals surface area contributed by atoms with E-state index >= 15 is 0 Å². The summed E-state index contributed by atoms with van der Waals surface area (Å²) < 4.78 is 14.5. The molecule has 0 aliphatic heterocycles. The van der Waals surface area contributed by atoms with E-state index in [4.69, 9.17) is 11.6 Å². The standard InChI is InChI=1S/C11H8ClFN2O2/c1-15-9(16)5-8(14-11(15)17)10-6(12)3-2-4-7(10)13/h2-5H,1H3,(H,14,17). The quantitative estimate of drug-likeness (QED) is 0.839. The summed E-state index contributed by atoms with van der Waals surface area (Å²) in [5.41, 5.74) is -1.06. The van der Waals surface area contributed by atoms with Crippen LogP contribution >= 0.6 is 11.6 Å². The largest absolute Gasteiger partial charge is 0.328 e. The third kappa shape index (κ3) is 2.01. The van der Waals surface area contributed by atoms with Crippen LogP contribution in [0.15, 0.2) is 33.9 Å². The second kappa shape index (κ2) is 4.18. The van der Waals surface area contributed by atoms with Gasteiger partial charge < -0.3 is 4.98 Å². The number of rotatable bonds is 1. The predicted molar refractivity (Wildman–Crippen MR) is 62.7 cm³/mol. The van der Waals surface area contributed by atoms with E-state index in [-0.39, 0.29) is 16.3 Å². The van der Waals surface area contributed by atoms with Crippen LogP contribution < -0.4 is 11.2 Å². The van der Waals surface area contributed by atoms with Crippen molar-refractivity contribution in [3.8, 4) is 11.3 Å². The second-order valence-electron chi connectivity index (χ2n) is 3.48. The van der Waals surface area contributed by atoms with Crippen molar-refractivity contribution >= 4 is 11.6 Å². The van der Waals surface area contributed by atoms with Gasteiger partial charge >= 0.3 is 5.69 Å². The van der Waals surface area contributed by atoms with Crippen LogP contribution in [0.5, 0.6) is 0 Å². The summed E-state index contributed by atoms with van der Waals surface area (Å²) in [6.07, 6.45) is 0. The minimum Gasteiger partial charge on any atom is -0.306 e. The molecule has 0 spiro atoms. The normalized spacial score (nSPS) is 10.5. The first kappa shape index (κ1) is 11.6. The van der Waals surface area contributed by atoms with Crippen molar-refractivity contribution in [3.05, 3.63) is 55.9 Å². The van der Waals surface area contributed by atoms with E-state index in [1.165, 1.54) is 25.2 Å². The molecule has 1 heterocycles. The monoisotopic (exact) mass is 254 g/mol. The van der Waals surface area contributed by atoms with Crippen LogP contribution in [-0.2, 0) is 7.05 Å². The molecule has 4 nitrogen and oxygen atoms in total. The van der Waals surface area contributed by atoms with Gasteiger partial charge in [0.2, 0.25) is 0 Å². The fourth-order valence-electron chi connectivity index (χ4n) is 1.45. The van der Waals surface area contributed by atoms with Gasteiger partial charge in [-0.1, -0.05) is 17.7 Å². The zero-order chi connectivity index (χ0) is 12.6. The average molecular weight is 255 g/mol. The summed E-state index contributed by atoms with van der Waals surface area (Å²) in [7, 11) is 1.33. The van der Waals surface area contributed by atoms with E-state index < -0.39 is 17.1 Å². The highest BCUT2D eigenvalue weighted by atomic mass is 35.5. The molecule has 0 aliphatic rings. The molecule has 1 aromatic carbocycles. The highest BCUT2D eigenvalue weighted by Gasteiger charge is 2.11. The zero-order valence-corrected chi connectivity index (χ0v) is 9.58. The van der Waals surface area contributed by atoms with Gasteiger partial charge in [-0.3, -0.25) is 9.36 Å². The molecule has 2 aromatic rings. The Morgan fingerprint density at radius 2 is 2.06 bits per heavy atom. The minimum atomic E-state index is -0.619. The molecule has 0 fully saturated rings. The Balaban J connectivity index is 2.79. The molecule has 17 heavy (non-hydrogen) atoms. The molecule has 1 N–H and O–H groups in total. The Morgan fingerprint density at radius 1 is 1.35 bits per heavy atom. The summed E-state index contributed by atoms with van der Waals surface area (Å²) in [4.78, 5) is 25.2. The van der Waals surface area contributed by atoms with Crippen molar-refractivity contribution in [2.75, 3.05) is 0 Å². The van der Waals surface area contributed by atoms with Gasteiger partial charge in [0.25, 0.3) is 5.56 Å². The predicted octanol–water partition coefficient (Wildman–Crippen LogP) is 1.53. The fraction of sp³-hybridized carbons (Fsp3) is 0.0909. The zero-order valence-electron chi connectivity index (χ0n) is 8.83. The molecule has 6 heteroatoms. The highest BCUT2D eigenvalue weighted by molar-refractivity contribution is 6.33. The Bertz CT molecular complexity index is 639.